The van der Waals surface area contributed by atoms with Gasteiger partial charge in [-0.3, -0.25) is 0 Å². The normalized spacial score (nSPS) is 20.0. The molecule has 4 rings (SSSR count). The van der Waals surface area contributed by atoms with Gasteiger partial charge in [-0.1, -0.05) is 13.8 Å². The van der Waals surface area contributed by atoms with Crippen LogP contribution in [0.5, 0.6) is 0 Å². The molecule has 4 atom stereocenters. The second-order valence-electron chi connectivity index (χ2n) is 12.7. The van der Waals surface area contributed by atoms with E-state index < -0.39 is 39.6 Å². The SMILES string of the molecule is CC(C)C[C@H](NS(=O)C(C)(C)C)c1cc(C(F)(F)F)ccc1N1CCN(C(=O)[C@H](N)Cc2ccc(Cl)cc2C2C[I-]2)CC1. The minimum atomic E-state index is -4.51. The fourth-order valence-electron chi connectivity index (χ4n) is 5.29. The molecule has 0 spiro atoms. The quantitative estimate of drug-likeness (QED) is 0.289. The van der Waals surface area contributed by atoms with E-state index in [9.17, 15) is 22.2 Å². The number of carbonyl (C=O) groups is 1. The summed E-state index contributed by atoms with van der Waals surface area (Å²) in [7, 11) is -1.48. The minimum absolute atomic E-state index is 0.126. The van der Waals surface area contributed by atoms with E-state index in [0.29, 0.717) is 59.2 Å². The summed E-state index contributed by atoms with van der Waals surface area (Å²) < 4.78 is 58.9. The topological polar surface area (TPSA) is 78.7 Å². The van der Waals surface area contributed by atoms with Crippen molar-refractivity contribution in [3.63, 3.8) is 0 Å². The average molecular weight is 754 g/mol. The zero-order valence-corrected chi connectivity index (χ0v) is 29.0. The Morgan fingerprint density at radius 3 is 2.33 bits per heavy atom. The van der Waals surface area contributed by atoms with E-state index in [1.165, 1.54) is 22.1 Å². The Hall–Kier alpha value is -1.41. The first kappa shape index (κ1) is 34.5. The van der Waals surface area contributed by atoms with Crippen molar-refractivity contribution in [2.24, 2.45) is 11.7 Å². The molecule has 2 aromatic rings. The van der Waals surface area contributed by atoms with E-state index in [-0.39, 0.29) is 33.0 Å². The Labute approximate surface area is 271 Å². The fraction of sp³-hybridized carbons (Fsp3) is 0.581. The van der Waals surface area contributed by atoms with Crippen molar-refractivity contribution in [1.29, 1.82) is 0 Å². The van der Waals surface area contributed by atoms with E-state index in [2.05, 4.69) is 4.72 Å². The van der Waals surface area contributed by atoms with E-state index in [1.807, 2.05) is 57.7 Å². The molecule has 2 aromatic carbocycles. The molecule has 0 saturated carbocycles. The number of benzene rings is 2. The Morgan fingerprint density at radius 2 is 1.77 bits per heavy atom. The zero-order chi connectivity index (χ0) is 31.7. The molecule has 1 amide bonds. The van der Waals surface area contributed by atoms with Gasteiger partial charge in [-0.2, -0.15) is 13.2 Å². The van der Waals surface area contributed by atoms with Crippen LogP contribution in [0.15, 0.2) is 36.4 Å². The van der Waals surface area contributed by atoms with Crippen LogP contribution in [0.3, 0.4) is 0 Å². The molecular weight excluding hydrogens is 712 g/mol. The van der Waals surface area contributed by atoms with Crippen molar-refractivity contribution < 1.29 is 43.4 Å². The molecule has 2 aliphatic rings. The average Bonchev–Trinajstić information content (AvgIpc) is 3.77. The molecule has 12 heteroatoms. The van der Waals surface area contributed by atoms with Crippen molar-refractivity contribution in [3.8, 4) is 0 Å². The Morgan fingerprint density at radius 1 is 1.12 bits per heavy atom. The molecule has 0 radical (unpaired) electrons. The van der Waals surface area contributed by atoms with E-state index in [1.54, 1.807) is 4.90 Å². The fourth-order valence-corrected chi connectivity index (χ4v) is 8.09. The molecular formula is C31H42ClF3IN4O2S-. The number of anilines is 1. The van der Waals surface area contributed by atoms with E-state index >= 15 is 0 Å². The molecule has 0 aromatic heterocycles. The van der Waals surface area contributed by atoms with Gasteiger partial charge in [0.15, 0.2) is 0 Å². The van der Waals surface area contributed by atoms with Crippen molar-refractivity contribution in [2.75, 3.05) is 35.5 Å². The monoisotopic (exact) mass is 753 g/mol. The molecule has 0 aliphatic carbocycles. The van der Waals surface area contributed by atoms with Crippen LogP contribution in [0.2, 0.25) is 5.02 Å². The number of hydrogen-bond donors (Lipinski definition) is 2. The molecule has 2 heterocycles. The number of nitrogens with zero attached hydrogens (tertiary/aromatic N) is 2. The third-order valence-corrected chi connectivity index (χ3v) is 12.0. The molecule has 2 saturated heterocycles. The molecule has 6 nitrogen and oxygen atoms in total. The van der Waals surface area contributed by atoms with Crippen molar-refractivity contribution in [2.45, 2.75) is 74.4 Å². The second kappa shape index (κ2) is 13.9. The van der Waals surface area contributed by atoms with Gasteiger partial charge >= 0.3 is 164 Å². The van der Waals surface area contributed by atoms with Gasteiger partial charge in [0.05, 0.1) is 21.3 Å². The summed E-state index contributed by atoms with van der Waals surface area (Å²) in [4.78, 5) is 17.1. The van der Waals surface area contributed by atoms with Gasteiger partial charge in [0.2, 0.25) is 0 Å². The molecule has 43 heavy (non-hydrogen) atoms. The number of carbonyl (C=O) groups excluding carboxylic acids is 1. The van der Waals surface area contributed by atoms with Gasteiger partial charge in [-0.25, -0.2) is 8.93 Å². The predicted molar refractivity (Wildman–Crippen MR) is 164 cm³/mol. The van der Waals surface area contributed by atoms with Crippen LogP contribution in [-0.2, 0) is 28.4 Å². The third kappa shape index (κ3) is 9.08. The van der Waals surface area contributed by atoms with Crippen molar-refractivity contribution in [1.82, 2.24) is 9.62 Å². The molecule has 2 unspecified atom stereocenters. The zero-order valence-electron chi connectivity index (χ0n) is 25.3. The first-order valence-electron chi connectivity index (χ1n) is 14.6. The molecule has 240 valence electrons. The van der Waals surface area contributed by atoms with E-state index in [4.69, 9.17) is 17.3 Å². The van der Waals surface area contributed by atoms with Crippen LogP contribution in [0.4, 0.5) is 18.9 Å². The number of nitrogens with two attached hydrogens (primary N) is 1. The van der Waals surface area contributed by atoms with Crippen molar-refractivity contribution >= 4 is 34.2 Å². The Balaban J connectivity index is 1.52. The molecule has 2 aliphatic heterocycles. The third-order valence-electron chi connectivity index (χ3n) is 7.69. The van der Waals surface area contributed by atoms with Gasteiger partial charge in [-0.05, 0) is 45.2 Å². The van der Waals surface area contributed by atoms with Crippen molar-refractivity contribution in [3.05, 3.63) is 63.7 Å². The number of amides is 1. The van der Waals surface area contributed by atoms with Crippen LogP contribution in [0.1, 0.15) is 73.3 Å². The van der Waals surface area contributed by atoms with Gasteiger partial charge in [0.25, 0.3) is 0 Å². The van der Waals surface area contributed by atoms with E-state index in [0.717, 1.165) is 11.6 Å². The van der Waals surface area contributed by atoms with Gasteiger partial charge < -0.3 is 0 Å². The maximum atomic E-state index is 13.8. The first-order chi connectivity index (χ1) is 20.0. The summed E-state index contributed by atoms with van der Waals surface area (Å²) in [6.07, 6.45) is -3.55. The summed E-state index contributed by atoms with van der Waals surface area (Å²) in [6.45, 7) is 11.2. The van der Waals surface area contributed by atoms with Crippen LogP contribution < -0.4 is 36.6 Å². The van der Waals surface area contributed by atoms with Gasteiger partial charge in [0.1, 0.15) is 0 Å². The summed E-state index contributed by atoms with van der Waals surface area (Å²) in [6, 6.07) is 8.40. The number of halogens is 5. The summed E-state index contributed by atoms with van der Waals surface area (Å²) >= 11 is 6.40. The van der Waals surface area contributed by atoms with Crippen LogP contribution >= 0.6 is 11.6 Å². The molecule has 3 N–H and O–H groups in total. The summed E-state index contributed by atoms with van der Waals surface area (Å²) in [5.74, 6) is 0.0226. The molecule has 2 fully saturated rings. The number of rotatable bonds is 10. The van der Waals surface area contributed by atoms with Crippen LogP contribution in [-0.4, -0.2) is 56.4 Å². The number of alkyl halides is 5. The summed E-state index contributed by atoms with van der Waals surface area (Å²) in [5, 5.41) is 0.698. The van der Waals surface area contributed by atoms with Gasteiger partial charge in [0, 0.05) is 6.04 Å². The first-order valence-corrected chi connectivity index (χ1v) is 18.9. The number of hydrogen-bond acceptors (Lipinski definition) is 4. The number of piperazine rings is 1. The standard InChI is InChI=1S/C31H42ClF3IN4O2S/c1-19(2)14-27(38-43(42)30(3,4)5)24-16-21(31(33,34)35)7-9-28(24)39-10-12-40(13-11-39)29(41)26(37)15-20-6-8-22(32)17-23(20)25-18-36-25/h6-9,16-17,19,25-27,38H,10-15,18,37H2,1-5H3/q-1/t25?,26-,27+,43?/m1/s1. The predicted octanol–water partition coefficient (Wildman–Crippen LogP) is 2.86. The van der Waals surface area contributed by atoms with Gasteiger partial charge in [-0.15, -0.1) is 0 Å². The Bertz CT molecular complexity index is 1330. The second-order valence-corrected chi connectivity index (χ2v) is 18.4. The maximum absolute atomic E-state index is 13.8. The van der Waals surface area contributed by atoms with Crippen LogP contribution in [0, 0.1) is 5.92 Å². The molecule has 0 bridgehead atoms. The number of nitrogens with one attached hydrogen (secondary N) is 1. The Kier molecular flexibility index (Phi) is 11.2. The van der Waals surface area contributed by atoms with Crippen LogP contribution in [0.25, 0.3) is 0 Å². The summed E-state index contributed by atoms with van der Waals surface area (Å²) in [5.41, 5.74) is 9.12.